The highest BCUT2D eigenvalue weighted by molar-refractivity contribution is 7.94. The summed E-state index contributed by atoms with van der Waals surface area (Å²) in [6, 6.07) is 15.6. The van der Waals surface area contributed by atoms with E-state index in [0.717, 1.165) is 23.3 Å². The summed E-state index contributed by atoms with van der Waals surface area (Å²) in [6.45, 7) is 4.74. The molecule has 0 aliphatic carbocycles. The number of benzene rings is 2. The Morgan fingerprint density at radius 2 is 1.48 bits per heavy atom. The van der Waals surface area contributed by atoms with Crippen LogP contribution in [0.25, 0.3) is 0 Å². The molecule has 2 aromatic carbocycles. The van der Waals surface area contributed by atoms with Gasteiger partial charge in [-0.1, -0.05) is 38.1 Å². The molecule has 27 heavy (non-hydrogen) atoms. The molecule has 0 saturated carbocycles. The molecule has 0 radical (unpaired) electrons. The van der Waals surface area contributed by atoms with Crippen molar-refractivity contribution >= 4 is 23.7 Å². The molecule has 1 atom stereocenters. The molecule has 148 valence electrons. The van der Waals surface area contributed by atoms with E-state index in [1.807, 2.05) is 36.4 Å². The van der Waals surface area contributed by atoms with Crippen LogP contribution in [0.1, 0.15) is 31.4 Å². The maximum Gasteiger partial charge on any atom is 0.145 e. The van der Waals surface area contributed by atoms with Crippen LogP contribution in [0.4, 0.5) is 8.28 Å². The third-order valence-electron chi connectivity index (χ3n) is 4.37. The highest BCUT2D eigenvalue weighted by Crippen LogP contribution is 2.33. The summed E-state index contributed by atoms with van der Waals surface area (Å²) in [4.78, 5) is 0. The van der Waals surface area contributed by atoms with Gasteiger partial charge >= 0.3 is 0 Å². The van der Waals surface area contributed by atoms with Crippen LogP contribution in [-0.4, -0.2) is 31.0 Å². The molecule has 0 aliphatic heterocycles. The molecular weight excluding hydrogens is 390 g/mol. The average Bonchev–Trinajstić information content (AvgIpc) is 2.67. The summed E-state index contributed by atoms with van der Waals surface area (Å²) in [5.74, 6) is 1.78. The van der Waals surface area contributed by atoms with Crippen LogP contribution >= 0.6 is 23.7 Å². The molecule has 2 nitrogen and oxygen atoms in total. The molecular formula is C21H25ClF2O2S. The molecule has 0 N–H and O–H groups in total. The lowest BCUT2D eigenvalue weighted by molar-refractivity contribution is 0.212. The van der Waals surface area contributed by atoms with Crippen molar-refractivity contribution in [2.24, 2.45) is 0 Å². The molecule has 1 unspecified atom stereocenters. The van der Waals surface area contributed by atoms with E-state index in [-0.39, 0.29) is 29.9 Å². The Kier molecular flexibility index (Phi) is 8.71. The average molecular weight is 415 g/mol. The summed E-state index contributed by atoms with van der Waals surface area (Å²) in [5, 5.41) is 0. The number of hydrogen-bond acceptors (Lipinski definition) is 3. The molecule has 2 rings (SSSR count). The summed E-state index contributed by atoms with van der Waals surface area (Å²) in [7, 11) is 0. The maximum atomic E-state index is 13.3. The third-order valence-corrected chi connectivity index (χ3v) is 5.13. The first-order valence-corrected chi connectivity index (χ1v) is 10.3. The zero-order chi connectivity index (χ0) is 19.7. The first-order chi connectivity index (χ1) is 13.0. The van der Waals surface area contributed by atoms with Gasteiger partial charge < -0.3 is 9.47 Å². The maximum absolute atomic E-state index is 13.3. The molecule has 0 fully saturated rings. The van der Waals surface area contributed by atoms with Crippen molar-refractivity contribution in [1.82, 2.24) is 0 Å². The van der Waals surface area contributed by atoms with Gasteiger partial charge in [0.1, 0.15) is 24.3 Å². The second-order valence-electron chi connectivity index (χ2n) is 6.75. The van der Waals surface area contributed by atoms with Crippen molar-refractivity contribution in [1.29, 1.82) is 0 Å². The molecule has 0 heterocycles. The van der Waals surface area contributed by atoms with E-state index in [2.05, 4.69) is 26.0 Å². The summed E-state index contributed by atoms with van der Waals surface area (Å²) >= 11 is 5.64. The Balaban J connectivity index is 2.00. The fraction of sp³-hybridized carbons (Fsp3) is 0.429. The molecule has 6 heteroatoms. The summed E-state index contributed by atoms with van der Waals surface area (Å²) < 4.78 is 36.3. The van der Waals surface area contributed by atoms with E-state index in [9.17, 15) is 8.28 Å². The number of halogens is 3. The fourth-order valence-electron chi connectivity index (χ4n) is 2.65. The standard InChI is InChI=1S/C21H25ClF2O2S/c1-21(2,16-4-8-19(9-5-16)25-13-3-12-22)17-6-10-20(11-7-17)26-14-18(23)15-27-24/h4-11,18H,3,12-15H2,1-2H3. The number of rotatable bonds is 11. The van der Waals surface area contributed by atoms with Crippen molar-refractivity contribution in [3.05, 3.63) is 59.7 Å². The Bertz CT molecular complexity index is 678. The van der Waals surface area contributed by atoms with E-state index < -0.39 is 6.17 Å². The minimum Gasteiger partial charge on any atom is -0.494 e. The highest BCUT2D eigenvalue weighted by atomic mass is 35.5. The molecule has 0 spiro atoms. The van der Waals surface area contributed by atoms with Crippen LogP contribution in [0.15, 0.2) is 48.5 Å². The Morgan fingerprint density at radius 1 is 0.963 bits per heavy atom. The van der Waals surface area contributed by atoms with E-state index in [4.69, 9.17) is 21.1 Å². The van der Waals surface area contributed by atoms with Gasteiger partial charge in [0, 0.05) is 23.4 Å². The zero-order valence-corrected chi connectivity index (χ0v) is 17.2. The second-order valence-corrected chi connectivity index (χ2v) is 7.68. The first kappa shape index (κ1) is 21.8. The van der Waals surface area contributed by atoms with Crippen molar-refractivity contribution in [3.8, 4) is 11.5 Å². The van der Waals surface area contributed by atoms with Crippen LogP contribution < -0.4 is 9.47 Å². The van der Waals surface area contributed by atoms with Crippen molar-refractivity contribution in [3.63, 3.8) is 0 Å². The van der Waals surface area contributed by atoms with Gasteiger partial charge in [-0.05, 0) is 41.8 Å². The van der Waals surface area contributed by atoms with Crippen LogP contribution in [0.5, 0.6) is 11.5 Å². The van der Waals surface area contributed by atoms with Gasteiger partial charge in [0.15, 0.2) is 0 Å². The van der Waals surface area contributed by atoms with Crippen LogP contribution in [-0.2, 0) is 5.41 Å². The Labute approximate surface area is 169 Å². The summed E-state index contributed by atoms with van der Waals surface area (Å²) in [6.07, 6.45) is -0.500. The molecule has 0 amide bonds. The molecule has 0 aliphatic rings. The number of ether oxygens (including phenoxy) is 2. The predicted molar refractivity (Wildman–Crippen MR) is 110 cm³/mol. The Hall–Kier alpha value is -1.46. The molecule has 0 saturated heterocycles. The van der Waals surface area contributed by atoms with Gasteiger partial charge in [-0.3, -0.25) is 0 Å². The number of hydrogen-bond donors (Lipinski definition) is 0. The Morgan fingerprint density at radius 3 is 1.96 bits per heavy atom. The van der Waals surface area contributed by atoms with Gasteiger partial charge in [0.25, 0.3) is 0 Å². The van der Waals surface area contributed by atoms with Crippen molar-refractivity contribution in [2.75, 3.05) is 24.8 Å². The van der Waals surface area contributed by atoms with Crippen LogP contribution in [0.3, 0.4) is 0 Å². The lowest BCUT2D eigenvalue weighted by atomic mass is 9.78. The molecule has 0 aromatic heterocycles. The third kappa shape index (κ3) is 6.58. The van der Waals surface area contributed by atoms with Gasteiger partial charge in [-0.25, -0.2) is 4.39 Å². The lowest BCUT2D eigenvalue weighted by Gasteiger charge is -2.26. The van der Waals surface area contributed by atoms with E-state index in [0.29, 0.717) is 18.2 Å². The normalized spacial score (nSPS) is 12.6. The quantitative estimate of drug-likeness (QED) is 0.315. The van der Waals surface area contributed by atoms with Gasteiger partial charge in [-0.15, -0.1) is 11.6 Å². The van der Waals surface area contributed by atoms with Gasteiger partial charge in [0.2, 0.25) is 0 Å². The number of alkyl halides is 2. The second kappa shape index (κ2) is 10.8. The zero-order valence-electron chi connectivity index (χ0n) is 15.6. The van der Waals surface area contributed by atoms with Crippen molar-refractivity contribution in [2.45, 2.75) is 31.9 Å². The van der Waals surface area contributed by atoms with E-state index in [1.54, 1.807) is 0 Å². The highest BCUT2D eigenvalue weighted by Gasteiger charge is 2.23. The lowest BCUT2D eigenvalue weighted by Crippen LogP contribution is -2.19. The SMILES string of the molecule is CC(C)(c1ccc(OCCCCl)cc1)c1ccc(OCC(F)CSF)cc1. The van der Waals surface area contributed by atoms with E-state index in [1.165, 1.54) is 0 Å². The van der Waals surface area contributed by atoms with E-state index >= 15 is 0 Å². The minimum absolute atomic E-state index is 0.0152. The first-order valence-electron chi connectivity index (χ1n) is 8.87. The molecule has 0 bridgehead atoms. The topological polar surface area (TPSA) is 18.5 Å². The van der Waals surface area contributed by atoms with Crippen molar-refractivity contribution < 1.29 is 17.7 Å². The predicted octanol–water partition coefficient (Wildman–Crippen LogP) is 6.35. The minimum atomic E-state index is -1.32. The largest absolute Gasteiger partial charge is 0.494 e. The van der Waals surface area contributed by atoms with Gasteiger partial charge in [0.05, 0.1) is 12.4 Å². The monoisotopic (exact) mass is 414 g/mol. The smallest absolute Gasteiger partial charge is 0.145 e. The molecule has 2 aromatic rings. The fourth-order valence-corrected chi connectivity index (χ4v) is 2.99. The summed E-state index contributed by atoms with van der Waals surface area (Å²) in [5.41, 5.74) is 2.06. The van der Waals surface area contributed by atoms with Crippen LogP contribution in [0, 0.1) is 0 Å². The van der Waals surface area contributed by atoms with Crippen LogP contribution in [0.2, 0.25) is 0 Å². The van der Waals surface area contributed by atoms with Gasteiger partial charge in [-0.2, -0.15) is 3.89 Å².